The van der Waals surface area contributed by atoms with Crippen molar-refractivity contribution in [3.8, 4) is 0 Å². The zero-order chi connectivity index (χ0) is 16.1. The van der Waals surface area contributed by atoms with Crippen molar-refractivity contribution in [1.29, 1.82) is 0 Å². The van der Waals surface area contributed by atoms with Crippen LogP contribution in [0.15, 0.2) is 24.5 Å². The van der Waals surface area contributed by atoms with E-state index in [9.17, 15) is 9.59 Å². The molecule has 3 heterocycles. The number of pyridine rings is 1. The van der Waals surface area contributed by atoms with Crippen molar-refractivity contribution in [1.82, 2.24) is 19.7 Å². The fourth-order valence-electron chi connectivity index (χ4n) is 3.22. The van der Waals surface area contributed by atoms with Crippen molar-refractivity contribution in [2.45, 2.75) is 19.3 Å². The minimum absolute atomic E-state index is 0.0504. The second-order valence-electron chi connectivity index (χ2n) is 6.25. The van der Waals surface area contributed by atoms with Gasteiger partial charge in [-0.25, -0.2) is 0 Å². The van der Waals surface area contributed by atoms with E-state index in [0.29, 0.717) is 25.2 Å². The van der Waals surface area contributed by atoms with Gasteiger partial charge in [-0.05, 0) is 31.4 Å². The average Bonchev–Trinajstić information content (AvgIpc) is 2.63. The number of likely N-dealkylation sites (tertiary alicyclic amines) is 1. The Labute approximate surface area is 137 Å². The van der Waals surface area contributed by atoms with E-state index in [2.05, 4.69) is 9.88 Å². The lowest BCUT2D eigenvalue weighted by Crippen LogP contribution is -2.52. The van der Waals surface area contributed by atoms with Gasteiger partial charge in [0.15, 0.2) is 0 Å². The van der Waals surface area contributed by atoms with Crippen LogP contribution in [0.2, 0.25) is 0 Å². The van der Waals surface area contributed by atoms with Gasteiger partial charge in [-0.2, -0.15) is 0 Å². The van der Waals surface area contributed by atoms with Crippen LogP contribution < -0.4 is 0 Å². The molecule has 2 amide bonds. The number of carbonyl (C=O) groups excluding carboxylic acids is 2. The molecular formula is C17H24N4O2. The van der Waals surface area contributed by atoms with Crippen LogP contribution in [0.5, 0.6) is 0 Å². The number of hydrogen-bond acceptors (Lipinski definition) is 4. The van der Waals surface area contributed by atoms with Crippen LogP contribution in [-0.2, 0) is 4.79 Å². The predicted octanol–water partition coefficient (Wildman–Crippen LogP) is 0.852. The van der Waals surface area contributed by atoms with Crippen molar-refractivity contribution in [3.63, 3.8) is 0 Å². The maximum atomic E-state index is 12.4. The van der Waals surface area contributed by atoms with Gasteiger partial charge in [-0.15, -0.1) is 0 Å². The van der Waals surface area contributed by atoms with E-state index in [-0.39, 0.29) is 11.8 Å². The largest absolute Gasteiger partial charge is 0.342 e. The van der Waals surface area contributed by atoms with Gasteiger partial charge in [0.05, 0.1) is 6.54 Å². The first kappa shape index (κ1) is 15.9. The third-order valence-electron chi connectivity index (χ3n) is 4.65. The number of hydrogen-bond donors (Lipinski definition) is 0. The zero-order valence-electron chi connectivity index (χ0n) is 13.5. The number of nitrogens with zero attached hydrogens (tertiary/aromatic N) is 4. The molecule has 0 N–H and O–H groups in total. The maximum Gasteiger partial charge on any atom is 0.254 e. The minimum Gasteiger partial charge on any atom is -0.342 e. The molecule has 0 radical (unpaired) electrons. The normalized spacial score (nSPS) is 19.7. The molecule has 23 heavy (non-hydrogen) atoms. The summed E-state index contributed by atoms with van der Waals surface area (Å²) in [6.07, 6.45) is 6.76. The molecule has 0 unspecified atom stereocenters. The second-order valence-corrected chi connectivity index (χ2v) is 6.25. The molecule has 6 nitrogen and oxygen atoms in total. The second kappa shape index (κ2) is 7.55. The van der Waals surface area contributed by atoms with E-state index < -0.39 is 0 Å². The molecule has 2 aliphatic heterocycles. The first-order valence-corrected chi connectivity index (χ1v) is 8.43. The summed E-state index contributed by atoms with van der Waals surface area (Å²) in [5.74, 6) is 0.285. The van der Waals surface area contributed by atoms with E-state index in [0.717, 1.165) is 39.0 Å². The molecule has 1 aromatic heterocycles. The van der Waals surface area contributed by atoms with Gasteiger partial charge in [0.1, 0.15) is 0 Å². The van der Waals surface area contributed by atoms with Crippen LogP contribution in [0, 0.1) is 0 Å². The van der Waals surface area contributed by atoms with E-state index in [1.54, 1.807) is 24.5 Å². The van der Waals surface area contributed by atoms with Crippen LogP contribution >= 0.6 is 0 Å². The summed E-state index contributed by atoms with van der Waals surface area (Å²) < 4.78 is 0. The summed E-state index contributed by atoms with van der Waals surface area (Å²) in [7, 11) is 0. The Morgan fingerprint density at radius 1 is 0.870 bits per heavy atom. The van der Waals surface area contributed by atoms with Crippen LogP contribution in [-0.4, -0.2) is 77.3 Å². The van der Waals surface area contributed by atoms with Crippen molar-refractivity contribution in [2.75, 3.05) is 45.8 Å². The van der Waals surface area contributed by atoms with Crippen molar-refractivity contribution in [3.05, 3.63) is 30.1 Å². The first-order valence-electron chi connectivity index (χ1n) is 8.43. The molecule has 0 saturated carbocycles. The van der Waals surface area contributed by atoms with Crippen LogP contribution in [0.25, 0.3) is 0 Å². The summed E-state index contributed by atoms with van der Waals surface area (Å²) in [6.45, 7) is 5.16. The highest BCUT2D eigenvalue weighted by Crippen LogP contribution is 2.11. The topological polar surface area (TPSA) is 56.8 Å². The number of piperidine rings is 1. The zero-order valence-corrected chi connectivity index (χ0v) is 13.5. The number of aromatic nitrogens is 1. The Morgan fingerprint density at radius 3 is 2.17 bits per heavy atom. The first-order chi connectivity index (χ1) is 11.2. The third-order valence-corrected chi connectivity index (χ3v) is 4.65. The molecule has 3 rings (SSSR count). The maximum absolute atomic E-state index is 12.4. The van der Waals surface area contributed by atoms with Crippen molar-refractivity contribution in [2.24, 2.45) is 0 Å². The summed E-state index contributed by atoms with van der Waals surface area (Å²) in [5, 5.41) is 0. The lowest BCUT2D eigenvalue weighted by Gasteiger charge is -2.36. The molecule has 1 aromatic rings. The molecule has 0 bridgehead atoms. The summed E-state index contributed by atoms with van der Waals surface area (Å²) in [6, 6.07) is 3.49. The summed E-state index contributed by atoms with van der Waals surface area (Å²) >= 11 is 0. The Morgan fingerprint density at radius 2 is 1.52 bits per heavy atom. The Bertz CT molecular complexity index is 535. The molecule has 2 aliphatic rings. The van der Waals surface area contributed by atoms with Gasteiger partial charge in [0.2, 0.25) is 5.91 Å². The average molecular weight is 316 g/mol. The minimum atomic E-state index is 0.0504. The fraction of sp³-hybridized carbons (Fsp3) is 0.588. The molecule has 0 aromatic carbocycles. The van der Waals surface area contributed by atoms with E-state index >= 15 is 0 Å². The highest BCUT2D eigenvalue weighted by Gasteiger charge is 2.25. The van der Waals surface area contributed by atoms with Gasteiger partial charge >= 0.3 is 0 Å². The molecule has 124 valence electrons. The fourth-order valence-corrected chi connectivity index (χ4v) is 3.22. The number of carbonyl (C=O) groups is 2. The Balaban J connectivity index is 1.46. The molecule has 2 fully saturated rings. The van der Waals surface area contributed by atoms with Crippen LogP contribution in [0.1, 0.15) is 29.6 Å². The van der Waals surface area contributed by atoms with Gasteiger partial charge in [0, 0.05) is 57.2 Å². The third kappa shape index (κ3) is 4.07. The number of amides is 2. The summed E-state index contributed by atoms with van der Waals surface area (Å²) in [5.41, 5.74) is 0.679. The molecule has 6 heteroatoms. The van der Waals surface area contributed by atoms with Crippen molar-refractivity contribution >= 4 is 11.8 Å². The number of rotatable bonds is 3. The highest BCUT2D eigenvalue weighted by molar-refractivity contribution is 5.94. The van der Waals surface area contributed by atoms with Crippen LogP contribution in [0.3, 0.4) is 0 Å². The Kier molecular flexibility index (Phi) is 5.23. The van der Waals surface area contributed by atoms with Crippen molar-refractivity contribution < 1.29 is 9.59 Å². The SMILES string of the molecule is O=C(CN1CCN(C(=O)c2ccncc2)CC1)N1CCCCC1. The number of piperazine rings is 1. The van der Waals surface area contributed by atoms with Crippen LogP contribution in [0.4, 0.5) is 0 Å². The lowest BCUT2D eigenvalue weighted by molar-refractivity contribution is -0.133. The molecule has 0 aliphatic carbocycles. The quantitative estimate of drug-likeness (QED) is 0.830. The molecule has 2 saturated heterocycles. The highest BCUT2D eigenvalue weighted by atomic mass is 16.2. The standard InChI is InChI=1S/C17H24N4O2/c22-16(20-8-2-1-3-9-20)14-19-10-12-21(13-11-19)17(23)15-4-6-18-7-5-15/h4-7H,1-3,8-14H2. The Hall–Kier alpha value is -1.95. The molecular weight excluding hydrogens is 292 g/mol. The molecule has 0 spiro atoms. The monoisotopic (exact) mass is 316 g/mol. The van der Waals surface area contributed by atoms with Gasteiger partial charge < -0.3 is 9.80 Å². The van der Waals surface area contributed by atoms with Gasteiger partial charge in [-0.1, -0.05) is 0 Å². The smallest absolute Gasteiger partial charge is 0.254 e. The van der Waals surface area contributed by atoms with E-state index in [4.69, 9.17) is 0 Å². The predicted molar refractivity (Wildman–Crippen MR) is 87.0 cm³/mol. The van der Waals surface area contributed by atoms with Gasteiger partial charge in [-0.3, -0.25) is 19.5 Å². The van der Waals surface area contributed by atoms with E-state index in [1.165, 1.54) is 6.42 Å². The lowest BCUT2D eigenvalue weighted by atomic mass is 10.1. The summed E-state index contributed by atoms with van der Waals surface area (Å²) in [4.78, 5) is 34.6. The van der Waals surface area contributed by atoms with E-state index in [1.807, 2.05) is 9.80 Å². The molecule has 0 atom stereocenters. The van der Waals surface area contributed by atoms with Gasteiger partial charge in [0.25, 0.3) is 5.91 Å².